The lowest BCUT2D eigenvalue weighted by Crippen LogP contribution is -2.27. The number of hydrogen-bond donors (Lipinski definition) is 0. The van der Waals surface area contributed by atoms with Gasteiger partial charge in [-0.2, -0.15) is 0 Å². The minimum atomic E-state index is -0.128. The summed E-state index contributed by atoms with van der Waals surface area (Å²) < 4.78 is 1.75. The van der Waals surface area contributed by atoms with Crippen LogP contribution in [0.25, 0.3) is 5.65 Å². The molecule has 0 atom stereocenters. The van der Waals surface area contributed by atoms with E-state index in [-0.39, 0.29) is 5.91 Å². The van der Waals surface area contributed by atoms with E-state index in [1.807, 2.05) is 18.2 Å². The molecular weight excluding hydrogens is 202 g/mol. The molecule has 0 unspecified atom stereocenters. The molecule has 2 aromatic rings. The van der Waals surface area contributed by atoms with Gasteiger partial charge in [0.2, 0.25) is 0 Å². The van der Waals surface area contributed by atoms with Crippen LogP contribution in [0.5, 0.6) is 0 Å². The van der Waals surface area contributed by atoms with Crippen LogP contribution in [0.4, 0.5) is 0 Å². The Morgan fingerprint density at radius 3 is 3.19 bits per heavy atom. The van der Waals surface area contributed by atoms with E-state index in [9.17, 15) is 4.79 Å². The summed E-state index contributed by atoms with van der Waals surface area (Å²) in [5.41, 5.74) is 1.27. The highest BCUT2D eigenvalue weighted by Gasteiger charge is 2.14. The maximum atomic E-state index is 12.0. The molecule has 0 N–H and O–H groups in total. The average molecular weight is 213 g/mol. The van der Waals surface area contributed by atoms with Crippen LogP contribution >= 0.6 is 0 Å². The molecular formula is C12H11N3O. The second-order valence-electron chi connectivity index (χ2n) is 3.44. The predicted molar refractivity (Wildman–Crippen MR) is 61.0 cm³/mol. The van der Waals surface area contributed by atoms with Gasteiger partial charge in [0.15, 0.2) is 0 Å². The number of nitrogens with zero attached hydrogens (tertiary/aromatic N) is 3. The molecule has 0 aliphatic heterocycles. The molecule has 0 aromatic carbocycles. The van der Waals surface area contributed by atoms with Gasteiger partial charge in [-0.15, -0.1) is 6.42 Å². The fraction of sp³-hybridized carbons (Fsp3) is 0.167. The summed E-state index contributed by atoms with van der Waals surface area (Å²) in [6.07, 6.45) is 8.53. The number of carbonyl (C=O) groups excluding carboxylic acids is 1. The summed E-state index contributed by atoms with van der Waals surface area (Å²) in [6, 6.07) is 5.58. The second-order valence-corrected chi connectivity index (χ2v) is 3.44. The molecule has 80 valence electrons. The highest BCUT2D eigenvalue weighted by molar-refractivity contribution is 5.93. The predicted octanol–water partition coefficient (Wildman–Crippen LogP) is 1.04. The number of carbonyl (C=O) groups is 1. The van der Waals surface area contributed by atoms with Crippen LogP contribution in [0.15, 0.2) is 30.6 Å². The Hall–Kier alpha value is -2.28. The van der Waals surface area contributed by atoms with E-state index in [4.69, 9.17) is 6.42 Å². The van der Waals surface area contributed by atoms with Crippen LogP contribution < -0.4 is 0 Å². The third kappa shape index (κ3) is 1.63. The molecule has 2 rings (SSSR count). The molecule has 1 amide bonds. The van der Waals surface area contributed by atoms with E-state index in [1.54, 1.807) is 23.8 Å². The maximum absolute atomic E-state index is 12.0. The highest BCUT2D eigenvalue weighted by Crippen LogP contribution is 2.07. The summed E-state index contributed by atoms with van der Waals surface area (Å²) in [6.45, 7) is 0.291. The van der Waals surface area contributed by atoms with E-state index < -0.39 is 0 Å². The van der Waals surface area contributed by atoms with Crippen molar-refractivity contribution in [1.29, 1.82) is 0 Å². The molecule has 0 saturated heterocycles. The van der Waals surface area contributed by atoms with Gasteiger partial charge in [-0.1, -0.05) is 12.0 Å². The summed E-state index contributed by atoms with van der Waals surface area (Å²) in [7, 11) is 1.67. The number of fused-ring (bicyclic) bond motifs is 1. The van der Waals surface area contributed by atoms with Gasteiger partial charge < -0.3 is 4.90 Å². The Labute approximate surface area is 93.5 Å². The zero-order chi connectivity index (χ0) is 11.5. The lowest BCUT2D eigenvalue weighted by atomic mass is 10.4. The van der Waals surface area contributed by atoms with Crippen LogP contribution in [-0.2, 0) is 0 Å². The first-order chi connectivity index (χ1) is 7.74. The first-order valence-corrected chi connectivity index (χ1v) is 4.85. The molecule has 2 aromatic heterocycles. The van der Waals surface area contributed by atoms with Crippen LogP contribution in [0, 0.1) is 12.3 Å². The summed E-state index contributed by atoms with van der Waals surface area (Å²) in [5, 5.41) is 0. The zero-order valence-electron chi connectivity index (χ0n) is 8.92. The van der Waals surface area contributed by atoms with Gasteiger partial charge in [-0.3, -0.25) is 9.20 Å². The zero-order valence-corrected chi connectivity index (χ0v) is 8.92. The van der Waals surface area contributed by atoms with Crippen LogP contribution in [0.3, 0.4) is 0 Å². The SMILES string of the molecule is C#CCN(C)C(=O)c1cnc2ccccn12. The van der Waals surface area contributed by atoms with Crippen molar-refractivity contribution in [1.82, 2.24) is 14.3 Å². The van der Waals surface area contributed by atoms with Gasteiger partial charge >= 0.3 is 0 Å². The number of aromatic nitrogens is 2. The number of rotatable bonds is 2. The standard InChI is InChI=1S/C12H11N3O/c1-3-7-14(2)12(16)10-9-13-11-6-4-5-8-15(10)11/h1,4-6,8-9H,7H2,2H3. The molecule has 0 aliphatic carbocycles. The monoisotopic (exact) mass is 213 g/mol. The number of imidazole rings is 1. The van der Waals surface area contributed by atoms with Crippen LogP contribution in [0.1, 0.15) is 10.5 Å². The Kier molecular flexibility index (Phi) is 2.61. The Morgan fingerprint density at radius 1 is 1.62 bits per heavy atom. The minimum Gasteiger partial charge on any atom is -0.329 e. The smallest absolute Gasteiger partial charge is 0.273 e. The van der Waals surface area contributed by atoms with Crippen molar-refractivity contribution in [2.45, 2.75) is 0 Å². The van der Waals surface area contributed by atoms with Gasteiger partial charge in [0.1, 0.15) is 11.3 Å². The lowest BCUT2D eigenvalue weighted by molar-refractivity contribution is 0.0806. The average Bonchev–Trinajstić information content (AvgIpc) is 2.72. The van der Waals surface area contributed by atoms with Gasteiger partial charge in [0.05, 0.1) is 12.7 Å². The van der Waals surface area contributed by atoms with E-state index >= 15 is 0 Å². The highest BCUT2D eigenvalue weighted by atomic mass is 16.2. The second kappa shape index (κ2) is 4.07. The molecule has 0 saturated carbocycles. The normalized spacial score (nSPS) is 10.0. The quantitative estimate of drug-likeness (QED) is 0.699. The van der Waals surface area contributed by atoms with Crippen molar-refractivity contribution in [3.05, 3.63) is 36.3 Å². The molecule has 16 heavy (non-hydrogen) atoms. The van der Waals surface area contributed by atoms with Crippen molar-refractivity contribution in [3.8, 4) is 12.3 Å². The molecule has 0 spiro atoms. The Balaban J connectivity index is 2.41. The summed E-state index contributed by atoms with van der Waals surface area (Å²) >= 11 is 0. The van der Waals surface area contributed by atoms with Gasteiger partial charge in [-0.05, 0) is 12.1 Å². The number of hydrogen-bond acceptors (Lipinski definition) is 2. The fourth-order valence-corrected chi connectivity index (χ4v) is 1.50. The molecule has 0 fully saturated rings. The lowest BCUT2D eigenvalue weighted by Gasteiger charge is -2.12. The fourth-order valence-electron chi connectivity index (χ4n) is 1.50. The first-order valence-electron chi connectivity index (χ1n) is 4.85. The third-order valence-corrected chi connectivity index (χ3v) is 2.31. The molecule has 0 aliphatic rings. The molecule has 4 nitrogen and oxygen atoms in total. The van der Waals surface area contributed by atoms with Gasteiger partial charge in [-0.25, -0.2) is 4.98 Å². The first kappa shape index (κ1) is 10.2. The molecule has 0 radical (unpaired) electrons. The summed E-state index contributed by atoms with van der Waals surface area (Å²) in [4.78, 5) is 17.6. The van der Waals surface area contributed by atoms with Crippen molar-refractivity contribution in [3.63, 3.8) is 0 Å². The van der Waals surface area contributed by atoms with E-state index in [0.29, 0.717) is 12.2 Å². The van der Waals surface area contributed by atoms with Crippen molar-refractivity contribution in [2.24, 2.45) is 0 Å². The number of pyridine rings is 1. The van der Waals surface area contributed by atoms with Crippen molar-refractivity contribution >= 4 is 11.6 Å². The third-order valence-electron chi connectivity index (χ3n) is 2.31. The van der Waals surface area contributed by atoms with Crippen molar-refractivity contribution < 1.29 is 4.79 Å². The minimum absolute atomic E-state index is 0.128. The van der Waals surface area contributed by atoms with Crippen LogP contribution in [0.2, 0.25) is 0 Å². The topological polar surface area (TPSA) is 37.6 Å². The van der Waals surface area contributed by atoms with Gasteiger partial charge in [0, 0.05) is 13.2 Å². The summed E-state index contributed by atoms with van der Waals surface area (Å²) in [5.74, 6) is 2.31. The van der Waals surface area contributed by atoms with Crippen molar-refractivity contribution in [2.75, 3.05) is 13.6 Å². The largest absolute Gasteiger partial charge is 0.329 e. The Morgan fingerprint density at radius 2 is 2.44 bits per heavy atom. The van der Waals surface area contributed by atoms with E-state index in [2.05, 4.69) is 10.9 Å². The Bertz CT molecular complexity index is 565. The van der Waals surface area contributed by atoms with E-state index in [0.717, 1.165) is 5.65 Å². The molecule has 4 heteroatoms. The molecule has 2 heterocycles. The van der Waals surface area contributed by atoms with Gasteiger partial charge in [0.25, 0.3) is 5.91 Å². The van der Waals surface area contributed by atoms with E-state index in [1.165, 1.54) is 4.90 Å². The number of terminal acetylenes is 1. The van der Waals surface area contributed by atoms with Crippen LogP contribution in [-0.4, -0.2) is 33.8 Å². The molecule has 0 bridgehead atoms. The maximum Gasteiger partial charge on any atom is 0.273 e. The number of amides is 1.